The molecule has 37 heavy (non-hydrogen) atoms. The van der Waals surface area contributed by atoms with Crippen LogP contribution in [-0.2, 0) is 4.79 Å². The van der Waals surface area contributed by atoms with Gasteiger partial charge in [0.05, 0.1) is 11.2 Å². The van der Waals surface area contributed by atoms with E-state index >= 15 is 0 Å². The lowest BCUT2D eigenvalue weighted by Crippen LogP contribution is -2.39. The number of pyridine rings is 1. The third-order valence-corrected chi connectivity index (χ3v) is 5.84. The molecule has 2 N–H and O–H groups in total. The second kappa shape index (κ2) is 10.7. The summed E-state index contributed by atoms with van der Waals surface area (Å²) in [7, 11) is 0. The van der Waals surface area contributed by atoms with Crippen molar-refractivity contribution in [2.75, 3.05) is 23.3 Å². The number of halogens is 5. The third kappa shape index (κ3) is 6.71. The van der Waals surface area contributed by atoms with E-state index < -0.39 is 23.8 Å². The summed E-state index contributed by atoms with van der Waals surface area (Å²) >= 11 is 0. The quantitative estimate of drug-likeness (QED) is 0.456. The van der Waals surface area contributed by atoms with Crippen molar-refractivity contribution in [1.29, 1.82) is 0 Å². The Kier molecular flexibility index (Phi) is 7.60. The van der Waals surface area contributed by atoms with Crippen molar-refractivity contribution in [1.82, 2.24) is 15.0 Å². The van der Waals surface area contributed by atoms with E-state index in [-0.39, 0.29) is 11.9 Å². The number of carboxylic acid groups (broad SMARTS) is 1. The minimum absolute atomic E-state index is 0.0955. The topological polar surface area (TPSA) is 100 Å². The summed E-state index contributed by atoms with van der Waals surface area (Å²) < 4.78 is 64.5. The smallest absolute Gasteiger partial charge is 0.487 e. The molecule has 0 bridgehead atoms. The maximum Gasteiger partial charge on any atom is 0.490 e. The van der Waals surface area contributed by atoms with E-state index in [0.717, 1.165) is 47.3 Å². The fourth-order valence-electron chi connectivity index (χ4n) is 3.78. The first-order valence-corrected chi connectivity index (χ1v) is 11.6. The molecule has 198 valence electrons. The fourth-order valence-corrected chi connectivity index (χ4v) is 3.78. The van der Waals surface area contributed by atoms with Crippen molar-refractivity contribution < 1.29 is 36.6 Å². The molecule has 1 aliphatic carbocycles. The summed E-state index contributed by atoms with van der Waals surface area (Å²) in [4.78, 5) is 25.2. The number of piperidine rings is 1. The van der Waals surface area contributed by atoms with Crippen LogP contribution in [0.2, 0.25) is 0 Å². The highest BCUT2D eigenvalue weighted by atomic mass is 19.4. The molecule has 2 aliphatic rings. The van der Waals surface area contributed by atoms with Crippen LogP contribution in [0.4, 0.5) is 33.6 Å². The van der Waals surface area contributed by atoms with Crippen LogP contribution in [0.5, 0.6) is 5.75 Å². The summed E-state index contributed by atoms with van der Waals surface area (Å²) in [6, 6.07) is 5.75. The minimum atomic E-state index is -5.08. The van der Waals surface area contributed by atoms with E-state index in [1.165, 1.54) is 12.1 Å². The lowest BCUT2D eigenvalue weighted by atomic mass is 10.1. The van der Waals surface area contributed by atoms with Gasteiger partial charge in [0, 0.05) is 44.2 Å². The molecule has 3 heterocycles. The zero-order valence-corrected chi connectivity index (χ0v) is 19.7. The second-order valence-electron chi connectivity index (χ2n) is 8.76. The van der Waals surface area contributed by atoms with E-state index in [1.54, 1.807) is 6.20 Å². The van der Waals surface area contributed by atoms with Crippen LogP contribution in [0.1, 0.15) is 31.4 Å². The van der Waals surface area contributed by atoms with Crippen LogP contribution < -0.4 is 15.0 Å². The monoisotopic (exact) mass is 525 g/mol. The molecular formula is C24H24F5N5O3. The molecule has 0 spiro atoms. The molecule has 13 heteroatoms. The number of rotatable bonds is 5. The highest BCUT2D eigenvalue weighted by Crippen LogP contribution is 2.33. The number of carbonyl (C=O) groups is 1. The number of aliphatic carboxylic acids is 1. The highest BCUT2D eigenvalue weighted by molar-refractivity contribution is 5.82. The number of aryl methyl sites for hydroxylation is 1. The standard InChI is InChI=1S/C22H23F2N5O.C2HF3O2/c1-13-20-18(6-9-25-13)27-21(26-15-3-4-15)22(28-20)29-10-7-16(8-11-29)30-19-5-2-14(23)12-17(19)24;3-2(4,5)1(6)7/h2,5-6,9,12,15-16H,3-4,7-8,10-11H2,1H3,(H,26,27);(H,6,7). The Morgan fingerprint density at radius 1 is 1.11 bits per heavy atom. The van der Waals surface area contributed by atoms with Gasteiger partial charge < -0.3 is 20.1 Å². The average molecular weight is 525 g/mol. The Morgan fingerprint density at radius 3 is 2.38 bits per heavy atom. The Morgan fingerprint density at radius 2 is 1.78 bits per heavy atom. The number of hydrogen-bond donors (Lipinski definition) is 2. The van der Waals surface area contributed by atoms with Gasteiger partial charge in [0.1, 0.15) is 17.4 Å². The van der Waals surface area contributed by atoms with Gasteiger partial charge in [-0.1, -0.05) is 0 Å². The minimum Gasteiger partial charge on any atom is -0.487 e. The van der Waals surface area contributed by atoms with Crippen LogP contribution >= 0.6 is 0 Å². The Bertz CT molecular complexity index is 1280. The Hall–Kier alpha value is -3.77. The maximum absolute atomic E-state index is 13.9. The van der Waals surface area contributed by atoms with Crippen molar-refractivity contribution in [3.63, 3.8) is 0 Å². The number of carboxylic acids is 1. The average Bonchev–Trinajstić information content (AvgIpc) is 3.65. The van der Waals surface area contributed by atoms with Gasteiger partial charge in [-0.05, 0) is 38.0 Å². The molecule has 0 radical (unpaired) electrons. The zero-order chi connectivity index (χ0) is 26.7. The highest BCUT2D eigenvalue weighted by Gasteiger charge is 2.38. The summed E-state index contributed by atoms with van der Waals surface area (Å²) in [5, 5.41) is 10.6. The van der Waals surface area contributed by atoms with E-state index in [1.807, 2.05) is 13.0 Å². The first kappa shape index (κ1) is 26.3. The Balaban J connectivity index is 0.000000405. The van der Waals surface area contributed by atoms with Gasteiger partial charge in [-0.15, -0.1) is 0 Å². The maximum atomic E-state index is 13.9. The number of nitrogens with zero attached hydrogens (tertiary/aromatic N) is 4. The van der Waals surface area contributed by atoms with Crippen molar-refractivity contribution in [2.24, 2.45) is 0 Å². The molecule has 1 aliphatic heterocycles. The van der Waals surface area contributed by atoms with Crippen molar-refractivity contribution in [2.45, 2.75) is 50.9 Å². The number of ether oxygens (including phenoxy) is 1. The van der Waals surface area contributed by atoms with E-state index in [9.17, 15) is 22.0 Å². The summed E-state index contributed by atoms with van der Waals surface area (Å²) in [5.41, 5.74) is 2.49. The molecule has 1 aromatic carbocycles. The Labute approximate surface area is 208 Å². The van der Waals surface area contributed by atoms with Crippen molar-refractivity contribution in [3.05, 3.63) is 47.8 Å². The molecule has 5 rings (SSSR count). The van der Waals surface area contributed by atoms with E-state index in [4.69, 9.17) is 24.6 Å². The molecule has 2 fully saturated rings. The lowest BCUT2D eigenvalue weighted by molar-refractivity contribution is -0.192. The molecule has 0 unspecified atom stereocenters. The van der Waals surface area contributed by atoms with Gasteiger partial charge in [0.15, 0.2) is 23.2 Å². The van der Waals surface area contributed by atoms with Gasteiger partial charge in [-0.25, -0.2) is 23.5 Å². The second-order valence-corrected chi connectivity index (χ2v) is 8.76. The molecule has 0 amide bonds. The van der Waals surface area contributed by atoms with E-state index in [2.05, 4.69) is 15.2 Å². The molecule has 0 atom stereocenters. The van der Waals surface area contributed by atoms with Gasteiger partial charge in [0.25, 0.3) is 0 Å². The number of benzene rings is 1. The van der Waals surface area contributed by atoms with Crippen LogP contribution in [0.25, 0.3) is 11.0 Å². The van der Waals surface area contributed by atoms with Crippen LogP contribution in [0.3, 0.4) is 0 Å². The van der Waals surface area contributed by atoms with Crippen LogP contribution in [-0.4, -0.2) is 57.4 Å². The zero-order valence-electron chi connectivity index (χ0n) is 19.7. The fraction of sp³-hybridized carbons (Fsp3) is 0.417. The van der Waals surface area contributed by atoms with Crippen LogP contribution in [0.15, 0.2) is 30.5 Å². The lowest BCUT2D eigenvalue weighted by Gasteiger charge is -2.33. The van der Waals surface area contributed by atoms with Gasteiger partial charge >= 0.3 is 12.1 Å². The molecule has 3 aromatic rings. The predicted octanol–water partition coefficient (Wildman–Crippen LogP) is 4.87. The van der Waals surface area contributed by atoms with Crippen LogP contribution in [0, 0.1) is 18.6 Å². The van der Waals surface area contributed by atoms with E-state index in [0.29, 0.717) is 32.0 Å². The third-order valence-electron chi connectivity index (χ3n) is 5.84. The first-order valence-electron chi connectivity index (χ1n) is 11.6. The summed E-state index contributed by atoms with van der Waals surface area (Å²) in [5.74, 6) is -2.30. The van der Waals surface area contributed by atoms with Gasteiger partial charge in [-0.3, -0.25) is 4.98 Å². The number of nitrogens with one attached hydrogen (secondary N) is 1. The summed E-state index contributed by atoms with van der Waals surface area (Å²) in [6.45, 7) is 3.37. The number of hydrogen-bond acceptors (Lipinski definition) is 7. The molecule has 1 saturated heterocycles. The molecular weight excluding hydrogens is 501 g/mol. The largest absolute Gasteiger partial charge is 0.490 e. The predicted molar refractivity (Wildman–Crippen MR) is 125 cm³/mol. The summed E-state index contributed by atoms with van der Waals surface area (Å²) in [6.07, 6.45) is 0.264. The number of aromatic nitrogens is 3. The van der Waals surface area contributed by atoms with Gasteiger partial charge in [-0.2, -0.15) is 13.2 Å². The molecule has 1 saturated carbocycles. The van der Waals surface area contributed by atoms with Gasteiger partial charge in [0.2, 0.25) is 0 Å². The SMILES string of the molecule is Cc1nccc2nc(NC3CC3)c(N3CCC(Oc4ccc(F)cc4F)CC3)nc12.O=C(O)C(F)(F)F. The van der Waals surface area contributed by atoms with Crippen molar-refractivity contribution >= 4 is 28.6 Å². The number of fused-ring (bicyclic) bond motifs is 1. The van der Waals surface area contributed by atoms with Crippen molar-refractivity contribution in [3.8, 4) is 5.75 Å². The normalized spacial score (nSPS) is 16.2. The molecule has 8 nitrogen and oxygen atoms in total. The molecule has 2 aromatic heterocycles. The number of anilines is 2. The first-order chi connectivity index (χ1) is 17.5. The number of alkyl halides is 3.